The number of benzene rings is 1. The average molecular weight is 298 g/mol. The first-order chi connectivity index (χ1) is 8.55. The van der Waals surface area contributed by atoms with Crippen molar-refractivity contribution >= 4 is 15.7 Å². The molecule has 0 amide bonds. The Hall–Kier alpha value is -1.35. The number of rotatable bonds is 3. The summed E-state index contributed by atoms with van der Waals surface area (Å²) >= 11 is 0. The fourth-order valence-electron chi connectivity index (χ4n) is 1.64. The number of nitrogens with one attached hydrogen (secondary N) is 1. The van der Waals surface area contributed by atoms with Crippen LogP contribution in [0.5, 0.6) is 0 Å². The van der Waals surface area contributed by atoms with E-state index in [2.05, 4.69) is 5.32 Å². The fraction of sp³-hybridized carbons (Fsp3) is 0.400. The zero-order chi connectivity index (χ0) is 14.5. The van der Waals surface area contributed by atoms with E-state index in [9.17, 15) is 26.0 Å². The van der Waals surface area contributed by atoms with Crippen LogP contribution < -0.4 is 10.5 Å². The minimum atomic E-state index is -4.49. The number of sulfonamides is 1. The van der Waals surface area contributed by atoms with E-state index in [1.54, 1.807) is 0 Å². The van der Waals surface area contributed by atoms with Gasteiger partial charge in [0.2, 0.25) is 10.0 Å². The maximum Gasteiger partial charge on any atom is 0.411 e. The van der Waals surface area contributed by atoms with E-state index in [0.29, 0.717) is 6.07 Å². The first kappa shape index (κ1) is 14.1. The number of nitrogens with two attached hydrogens (primary N) is 1. The van der Waals surface area contributed by atoms with Gasteiger partial charge in [0.05, 0.1) is 10.6 Å². The second kappa shape index (κ2) is 4.07. The molecular formula is C10H10F4N2O2S. The summed E-state index contributed by atoms with van der Waals surface area (Å²) in [6.07, 6.45) is -4.78. The summed E-state index contributed by atoms with van der Waals surface area (Å²) in [7, 11) is -4.09. The number of anilines is 1. The van der Waals surface area contributed by atoms with Gasteiger partial charge in [-0.05, 0) is 31.0 Å². The largest absolute Gasteiger partial charge is 0.411 e. The van der Waals surface area contributed by atoms with Gasteiger partial charge in [0, 0.05) is 0 Å². The molecule has 0 saturated heterocycles. The van der Waals surface area contributed by atoms with Gasteiger partial charge in [0.1, 0.15) is 11.4 Å². The van der Waals surface area contributed by atoms with Crippen molar-refractivity contribution in [3.8, 4) is 0 Å². The minimum Gasteiger partial charge on any atom is -0.369 e. The second-order valence-electron chi connectivity index (χ2n) is 4.39. The first-order valence-electron chi connectivity index (χ1n) is 5.22. The predicted octanol–water partition coefficient (Wildman–Crippen LogP) is 1.98. The third-order valence-electron chi connectivity index (χ3n) is 2.94. The molecule has 1 aromatic rings. The van der Waals surface area contributed by atoms with E-state index in [4.69, 9.17) is 5.14 Å². The maximum atomic E-state index is 13.6. The molecule has 1 fully saturated rings. The van der Waals surface area contributed by atoms with E-state index in [0.717, 1.165) is 12.1 Å². The molecule has 0 aliphatic heterocycles. The Bertz CT molecular complexity index is 608. The van der Waals surface area contributed by atoms with Crippen LogP contribution >= 0.6 is 0 Å². The molecule has 106 valence electrons. The Balaban J connectivity index is 2.29. The molecule has 1 aliphatic rings. The summed E-state index contributed by atoms with van der Waals surface area (Å²) in [4.78, 5) is -0.493. The van der Waals surface area contributed by atoms with Gasteiger partial charge in [0.25, 0.3) is 0 Å². The predicted molar refractivity (Wildman–Crippen MR) is 59.4 cm³/mol. The number of halogens is 4. The smallest absolute Gasteiger partial charge is 0.369 e. The lowest BCUT2D eigenvalue weighted by Crippen LogP contribution is -2.38. The summed E-state index contributed by atoms with van der Waals surface area (Å²) in [6.45, 7) is 0. The van der Waals surface area contributed by atoms with Crippen molar-refractivity contribution in [2.75, 3.05) is 5.32 Å². The molecule has 0 aromatic heterocycles. The Labute approximate surface area is 106 Å². The fourth-order valence-corrected chi connectivity index (χ4v) is 2.16. The van der Waals surface area contributed by atoms with Crippen molar-refractivity contribution < 1.29 is 26.0 Å². The van der Waals surface area contributed by atoms with Crippen molar-refractivity contribution in [1.29, 1.82) is 0 Å². The lowest BCUT2D eigenvalue weighted by atomic mass is 10.2. The van der Waals surface area contributed by atoms with E-state index < -0.39 is 38.1 Å². The Morgan fingerprint density at radius 1 is 1.26 bits per heavy atom. The number of hydrogen-bond donors (Lipinski definition) is 2. The molecule has 3 N–H and O–H groups in total. The SMILES string of the molecule is NS(=O)(=O)c1ccc(NC2(C(F)(F)F)CC2)c(F)c1. The maximum absolute atomic E-state index is 13.6. The highest BCUT2D eigenvalue weighted by Gasteiger charge is 2.63. The van der Waals surface area contributed by atoms with Crippen molar-refractivity contribution in [2.24, 2.45) is 5.14 Å². The summed E-state index contributed by atoms with van der Waals surface area (Å²) in [5, 5.41) is 6.87. The molecule has 0 bridgehead atoms. The monoisotopic (exact) mass is 298 g/mol. The van der Waals surface area contributed by atoms with Crippen molar-refractivity contribution in [3.63, 3.8) is 0 Å². The van der Waals surface area contributed by atoms with Gasteiger partial charge in [-0.25, -0.2) is 17.9 Å². The molecule has 4 nitrogen and oxygen atoms in total. The summed E-state index contributed by atoms with van der Waals surface area (Å²) in [6, 6.07) is 2.47. The topological polar surface area (TPSA) is 72.2 Å². The lowest BCUT2D eigenvalue weighted by Gasteiger charge is -2.22. The first-order valence-corrected chi connectivity index (χ1v) is 6.77. The summed E-state index contributed by atoms with van der Waals surface area (Å²) in [5.74, 6) is -1.10. The lowest BCUT2D eigenvalue weighted by molar-refractivity contribution is -0.151. The van der Waals surface area contributed by atoms with Gasteiger partial charge < -0.3 is 5.32 Å². The van der Waals surface area contributed by atoms with E-state index >= 15 is 0 Å². The quantitative estimate of drug-likeness (QED) is 0.838. The van der Waals surface area contributed by atoms with Gasteiger partial charge in [-0.2, -0.15) is 13.2 Å². The van der Waals surface area contributed by atoms with E-state index in [1.807, 2.05) is 0 Å². The van der Waals surface area contributed by atoms with Gasteiger partial charge in [-0.1, -0.05) is 0 Å². The molecule has 2 rings (SSSR count). The number of hydrogen-bond acceptors (Lipinski definition) is 3. The van der Waals surface area contributed by atoms with Crippen LogP contribution in [0.15, 0.2) is 23.1 Å². The molecule has 0 atom stereocenters. The van der Waals surface area contributed by atoms with Gasteiger partial charge in [0.15, 0.2) is 0 Å². The Morgan fingerprint density at radius 2 is 1.84 bits per heavy atom. The highest BCUT2D eigenvalue weighted by atomic mass is 32.2. The molecule has 1 saturated carbocycles. The van der Waals surface area contributed by atoms with Crippen LogP contribution in [0.1, 0.15) is 12.8 Å². The molecular weight excluding hydrogens is 288 g/mol. The Morgan fingerprint density at radius 3 is 2.21 bits per heavy atom. The van der Waals surface area contributed by atoms with E-state index in [1.165, 1.54) is 0 Å². The van der Waals surface area contributed by atoms with E-state index in [-0.39, 0.29) is 12.8 Å². The standard InChI is InChI=1S/C10H10F4N2O2S/c11-7-5-6(19(15,17)18)1-2-8(7)16-9(3-4-9)10(12,13)14/h1-2,5,16H,3-4H2,(H2,15,17,18). The normalized spacial score (nSPS) is 18.2. The molecule has 0 spiro atoms. The van der Waals surface area contributed by atoms with Crippen LogP contribution in [0.3, 0.4) is 0 Å². The van der Waals surface area contributed by atoms with Crippen LogP contribution in [-0.2, 0) is 10.0 Å². The van der Waals surface area contributed by atoms with Crippen LogP contribution in [0.25, 0.3) is 0 Å². The highest BCUT2D eigenvalue weighted by Crippen LogP contribution is 2.51. The Kier molecular flexibility index (Phi) is 3.01. The zero-order valence-corrected chi connectivity index (χ0v) is 10.3. The molecule has 0 radical (unpaired) electrons. The molecule has 1 aliphatic carbocycles. The zero-order valence-electron chi connectivity index (χ0n) is 9.46. The molecule has 0 unspecified atom stereocenters. The molecule has 9 heteroatoms. The van der Waals surface area contributed by atoms with Gasteiger partial charge in [-0.3, -0.25) is 0 Å². The number of primary sulfonamides is 1. The number of alkyl halides is 3. The van der Waals surface area contributed by atoms with Crippen LogP contribution in [0.2, 0.25) is 0 Å². The average Bonchev–Trinajstić information content (AvgIpc) is 2.99. The molecule has 0 heterocycles. The summed E-state index contributed by atoms with van der Waals surface area (Å²) < 4.78 is 73.5. The summed E-state index contributed by atoms with van der Waals surface area (Å²) in [5.41, 5.74) is -2.51. The minimum absolute atomic E-state index is 0.146. The van der Waals surface area contributed by atoms with Gasteiger partial charge in [-0.15, -0.1) is 0 Å². The van der Waals surface area contributed by atoms with Crippen molar-refractivity contribution in [2.45, 2.75) is 29.5 Å². The van der Waals surface area contributed by atoms with Crippen LogP contribution in [-0.4, -0.2) is 20.1 Å². The highest BCUT2D eigenvalue weighted by molar-refractivity contribution is 7.89. The van der Waals surface area contributed by atoms with Gasteiger partial charge >= 0.3 is 6.18 Å². The van der Waals surface area contributed by atoms with Crippen molar-refractivity contribution in [3.05, 3.63) is 24.0 Å². The second-order valence-corrected chi connectivity index (χ2v) is 5.95. The third kappa shape index (κ3) is 2.66. The third-order valence-corrected chi connectivity index (χ3v) is 3.85. The van der Waals surface area contributed by atoms with Crippen molar-refractivity contribution in [1.82, 2.24) is 0 Å². The molecule has 1 aromatic carbocycles. The van der Waals surface area contributed by atoms with Crippen LogP contribution in [0.4, 0.5) is 23.2 Å². The molecule has 19 heavy (non-hydrogen) atoms. The van der Waals surface area contributed by atoms with Crippen LogP contribution in [0, 0.1) is 5.82 Å².